The van der Waals surface area contributed by atoms with Gasteiger partial charge in [0.15, 0.2) is 0 Å². The Balaban J connectivity index is 1.88. The quantitative estimate of drug-likeness (QED) is 0.452. The van der Waals surface area contributed by atoms with Crippen molar-refractivity contribution in [2.45, 2.75) is 39.0 Å². The summed E-state index contributed by atoms with van der Waals surface area (Å²) in [6.45, 7) is 6.93. The Hall–Kier alpha value is -1.92. The second-order valence-corrected chi connectivity index (χ2v) is 8.84. The number of anilines is 1. The number of benzene rings is 2. The van der Waals surface area contributed by atoms with Crippen molar-refractivity contribution in [1.82, 2.24) is 0 Å². The third kappa shape index (κ3) is 6.54. The molecule has 0 aromatic heterocycles. The van der Waals surface area contributed by atoms with Crippen LogP contribution in [0.3, 0.4) is 0 Å². The average Bonchev–Trinajstić information content (AvgIpc) is 2.66. The molecule has 0 aliphatic carbocycles. The highest BCUT2D eigenvalue weighted by atomic mass is 79.9. The first-order valence-electron chi connectivity index (χ1n) is 9.30. The van der Waals surface area contributed by atoms with Gasteiger partial charge < -0.3 is 19.5 Å². The van der Waals surface area contributed by atoms with Crippen LogP contribution in [-0.2, 0) is 10.2 Å². The molecule has 158 valence electrons. The summed E-state index contributed by atoms with van der Waals surface area (Å²) in [6, 6.07) is 9.34. The highest BCUT2D eigenvalue weighted by molar-refractivity contribution is 9.10. The molecular formula is C22H27BrClNO4. The molecule has 1 N–H and O–H groups in total. The molecule has 0 saturated heterocycles. The third-order valence-electron chi connectivity index (χ3n) is 4.35. The Morgan fingerprint density at radius 2 is 1.76 bits per heavy atom. The molecule has 0 aliphatic rings. The summed E-state index contributed by atoms with van der Waals surface area (Å²) in [5.41, 5.74) is 1.81. The minimum absolute atomic E-state index is 0.0740. The number of amides is 1. The molecule has 0 unspecified atom stereocenters. The van der Waals surface area contributed by atoms with Gasteiger partial charge in [-0.2, -0.15) is 0 Å². The molecule has 0 heterocycles. The molecule has 29 heavy (non-hydrogen) atoms. The minimum atomic E-state index is -0.140. The number of hydrogen-bond donors (Lipinski definition) is 1. The van der Waals surface area contributed by atoms with Gasteiger partial charge in [-0.05, 0) is 45.5 Å². The minimum Gasteiger partial charge on any atom is -0.495 e. The van der Waals surface area contributed by atoms with Crippen LogP contribution in [0.15, 0.2) is 34.8 Å². The van der Waals surface area contributed by atoms with Gasteiger partial charge >= 0.3 is 0 Å². The second-order valence-electron chi connectivity index (χ2n) is 7.58. The highest BCUT2D eigenvalue weighted by Gasteiger charge is 2.16. The maximum Gasteiger partial charge on any atom is 0.224 e. The van der Waals surface area contributed by atoms with Crippen molar-refractivity contribution in [3.63, 3.8) is 0 Å². The van der Waals surface area contributed by atoms with E-state index in [0.717, 1.165) is 10.2 Å². The fraction of sp³-hybridized carbons (Fsp3) is 0.409. The Bertz CT molecular complexity index is 865. The molecular weight excluding hydrogens is 458 g/mol. The SMILES string of the molecule is COc1cc(NC(=O)CCCOc2ccc(C(C)(C)C)cc2Br)c(OC)cc1Cl. The van der Waals surface area contributed by atoms with Crippen molar-refractivity contribution in [3.8, 4) is 17.2 Å². The van der Waals surface area contributed by atoms with E-state index in [1.54, 1.807) is 12.1 Å². The summed E-state index contributed by atoms with van der Waals surface area (Å²) in [5, 5.41) is 3.25. The number of rotatable bonds is 8. The van der Waals surface area contributed by atoms with Crippen molar-refractivity contribution in [2.24, 2.45) is 0 Å². The van der Waals surface area contributed by atoms with Crippen molar-refractivity contribution < 1.29 is 19.0 Å². The third-order valence-corrected chi connectivity index (χ3v) is 5.27. The molecule has 0 spiro atoms. The predicted molar refractivity (Wildman–Crippen MR) is 121 cm³/mol. The largest absolute Gasteiger partial charge is 0.495 e. The summed E-state index contributed by atoms with van der Waals surface area (Å²) in [4.78, 5) is 12.3. The molecule has 0 fully saturated rings. The van der Waals surface area contributed by atoms with Crippen LogP contribution in [0.25, 0.3) is 0 Å². The van der Waals surface area contributed by atoms with E-state index in [1.165, 1.54) is 19.8 Å². The molecule has 1 amide bonds. The lowest BCUT2D eigenvalue weighted by atomic mass is 9.87. The van der Waals surface area contributed by atoms with E-state index in [9.17, 15) is 4.79 Å². The topological polar surface area (TPSA) is 56.8 Å². The molecule has 5 nitrogen and oxygen atoms in total. The van der Waals surface area contributed by atoms with Crippen LogP contribution in [0.4, 0.5) is 5.69 Å². The molecule has 2 rings (SSSR count). The monoisotopic (exact) mass is 483 g/mol. The molecule has 0 aliphatic heterocycles. The first kappa shape index (κ1) is 23.4. The highest BCUT2D eigenvalue weighted by Crippen LogP contribution is 2.36. The van der Waals surface area contributed by atoms with Gasteiger partial charge in [0.2, 0.25) is 5.91 Å². The summed E-state index contributed by atoms with van der Waals surface area (Å²) in [6.07, 6.45) is 0.887. The number of ether oxygens (including phenoxy) is 3. The van der Waals surface area contributed by atoms with Crippen LogP contribution in [0.1, 0.15) is 39.2 Å². The molecule has 0 radical (unpaired) electrons. The number of halogens is 2. The van der Waals surface area contributed by atoms with Crippen molar-refractivity contribution >= 4 is 39.1 Å². The van der Waals surface area contributed by atoms with Gasteiger partial charge in [0.05, 0.1) is 36.0 Å². The molecule has 7 heteroatoms. The predicted octanol–water partition coefficient (Wildman–Crippen LogP) is 6.21. The van der Waals surface area contributed by atoms with Crippen LogP contribution < -0.4 is 19.5 Å². The summed E-state index contributed by atoms with van der Waals surface area (Å²) in [7, 11) is 3.03. The van der Waals surface area contributed by atoms with E-state index in [4.69, 9.17) is 25.8 Å². The van der Waals surface area contributed by atoms with Crippen LogP contribution in [0, 0.1) is 0 Å². The van der Waals surface area contributed by atoms with Gasteiger partial charge in [-0.25, -0.2) is 0 Å². The zero-order valence-electron chi connectivity index (χ0n) is 17.4. The fourth-order valence-electron chi connectivity index (χ4n) is 2.67. The maximum absolute atomic E-state index is 12.3. The zero-order chi connectivity index (χ0) is 21.6. The molecule has 2 aromatic rings. The van der Waals surface area contributed by atoms with Crippen LogP contribution in [0.2, 0.25) is 5.02 Å². The van der Waals surface area contributed by atoms with E-state index in [-0.39, 0.29) is 11.3 Å². The second kappa shape index (κ2) is 10.2. The van der Waals surface area contributed by atoms with Gasteiger partial charge in [0, 0.05) is 18.6 Å². The lowest BCUT2D eigenvalue weighted by molar-refractivity contribution is -0.116. The maximum atomic E-state index is 12.3. The van der Waals surface area contributed by atoms with Gasteiger partial charge in [-0.15, -0.1) is 0 Å². The van der Waals surface area contributed by atoms with Crippen molar-refractivity contribution in [1.29, 1.82) is 0 Å². The van der Waals surface area contributed by atoms with Crippen molar-refractivity contribution in [2.75, 3.05) is 26.1 Å². The van der Waals surface area contributed by atoms with E-state index in [0.29, 0.717) is 41.7 Å². The zero-order valence-corrected chi connectivity index (χ0v) is 19.7. The Morgan fingerprint density at radius 1 is 1.07 bits per heavy atom. The van der Waals surface area contributed by atoms with Gasteiger partial charge in [0.25, 0.3) is 0 Å². The number of methoxy groups -OCH3 is 2. The average molecular weight is 485 g/mol. The first-order chi connectivity index (χ1) is 13.7. The molecule has 0 atom stereocenters. The van der Waals surface area contributed by atoms with Gasteiger partial charge in [-0.3, -0.25) is 4.79 Å². The van der Waals surface area contributed by atoms with E-state index in [1.807, 2.05) is 6.07 Å². The summed E-state index contributed by atoms with van der Waals surface area (Å²) >= 11 is 9.65. The number of hydrogen-bond acceptors (Lipinski definition) is 4. The standard InChI is InChI=1S/C22H27BrClNO4/c1-22(2,3)14-8-9-18(15(23)11-14)29-10-6-7-21(26)25-17-13-19(27-4)16(24)12-20(17)28-5/h8-9,11-13H,6-7,10H2,1-5H3,(H,25,26). The number of carbonyl (C=O) groups is 1. The molecule has 0 bridgehead atoms. The van der Waals surface area contributed by atoms with Crippen molar-refractivity contribution in [3.05, 3.63) is 45.4 Å². The van der Waals surface area contributed by atoms with Crippen LogP contribution >= 0.6 is 27.5 Å². The number of carbonyl (C=O) groups excluding carboxylic acids is 1. The van der Waals surface area contributed by atoms with Gasteiger partial charge in [-0.1, -0.05) is 38.4 Å². The molecule has 0 saturated carbocycles. The van der Waals surface area contributed by atoms with E-state index in [2.05, 4.69) is 54.2 Å². The van der Waals surface area contributed by atoms with Crippen LogP contribution in [-0.4, -0.2) is 26.7 Å². The fourth-order valence-corrected chi connectivity index (χ4v) is 3.39. The van der Waals surface area contributed by atoms with Gasteiger partial charge in [0.1, 0.15) is 17.2 Å². The Labute approximate surface area is 185 Å². The summed E-state index contributed by atoms with van der Waals surface area (Å²) in [5.74, 6) is 1.57. The molecule has 2 aromatic carbocycles. The lowest BCUT2D eigenvalue weighted by Crippen LogP contribution is -2.14. The van der Waals surface area contributed by atoms with E-state index < -0.39 is 0 Å². The first-order valence-corrected chi connectivity index (χ1v) is 10.5. The van der Waals surface area contributed by atoms with E-state index >= 15 is 0 Å². The normalized spacial score (nSPS) is 11.1. The summed E-state index contributed by atoms with van der Waals surface area (Å²) < 4.78 is 17.2. The Kier molecular flexibility index (Phi) is 8.23. The lowest BCUT2D eigenvalue weighted by Gasteiger charge is -2.20. The smallest absolute Gasteiger partial charge is 0.224 e. The number of nitrogens with one attached hydrogen (secondary N) is 1. The van der Waals surface area contributed by atoms with Crippen LogP contribution in [0.5, 0.6) is 17.2 Å². The Morgan fingerprint density at radius 3 is 2.34 bits per heavy atom.